The number of hydrogen-bond acceptors (Lipinski definition) is 10. The summed E-state index contributed by atoms with van der Waals surface area (Å²) in [5.41, 5.74) is 6.03. The number of nitrogens with one attached hydrogen (secondary N) is 1. The third kappa shape index (κ3) is 5.09. The van der Waals surface area contributed by atoms with Crippen LogP contribution in [0.15, 0.2) is 46.3 Å². The van der Waals surface area contributed by atoms with Crippen molar-refractivity contribution in [3.05, 3.63) is 52.4 Å². The number of pyridine rings is 1. The molecule has 2 aliphatic rings. The summed E-state index contributed by atoms with van der Waals surface area (Å²) >= 11 is 2.20. The summed E-state index contributed by atoms with van der Waals surface area (Å²) in [6.45, 7) is -1.16. The van der Waals surface area contributed by atoms with Crippen molar-refractivity contribution in [2.24, 2.45) is 5.16 Å². The van der Waals surface area contributed by atoms with Crippen molar-refractivity contribution < 1.29 is 37.7 Å². The predicted molar refractivity (Wildman–Crippen MR) is 119 cm³/mol. The van der Waals surface area contributed by atoms with Crippen LogP contribution in [0.1, 0.15) is 11.3 Å². The molecule has 35 heavy (non-hydrogen) atoms. The number of thiazole rings is 1. The number of aliphatic carboxylic acids is 1. The van der Waals surface area contributed by atoms with Gasteiger partial charge in [0.15, 0.2) is 29.8 Å². The minimum absolute atomic E-state index is 0.0639. The van der Waals surface area contributed by atoms with Gasteiger partial charge in [-0.05, 0) is 13.0 Å². The molecule has 1 fully saturated rings. The summed E-state index contributed by atoms with van der Waals surface area (Å²) in [7, 11) is 0. The molecule has 2 amide bonds. The molecule has 3 N–H and O–H groups in total. The van der Waals surface area contributed by atoms with Gasteiger partial charge in [-0.2, -0.15) is 8.78 Å². The lowest BCUT2D eigenvalue weighted by atomic mass is 10.0. The van der Waals surface area contributed by atoms with Crippen molar-refractivity contribution >= 4 is 51.7 Å². The number of oxime groups is 1. The molecule has 0 radical (unpaired) electrons. The molecule has 1 saturated heterocycles. The van der Waals surface area contributed by atoms with Crippen LogP contribution >= 0.6 is 23.1 Å². The zero-order valence-corrected chi connectivity index (χ0v) is 19.6. The van der Waals surface area contributed by atoms with Crippen LogP contribution < -0.4 is 20.7 Å². The number of nitrogens with zero attached hydrogens (tertiary/aromatic N) is 4. The number of fused-ring (bicyclic) bond motifs is 1. The van der Waals surface area contributed by atoms with Crippen molar-refractivity contribution in [1.82, 2.24) is 15.2 Å². The lowest BCUT2D eigenvalue weighted by Crippen LogP contribution is -2.71. The standard InChI is InChI=1S/C20H18F2N6O5S2/c1-9-3-2-4-27(5-9)6-10-7-34-17-13(16(30)28(17)14(10)18(31)32)25-15(29)12(26-33-19(21)22)11-8-35-20(23)24-11/h2-5,8,13,17,19H,6-7H2,1H3,(H3-,23,24,25,29,31,32)/t13?,17-/m0/s1. The van der Waals surface area contributed by atoms with E-state index in [4.69, 9.17) is 5.73 Å². The Hall–Kier alpha value is -3.59. The van der Waals surface area contributed by atoms with Crippen molar-refractivity contribution in [3.8, 4) is 0 Å². The van der Waals surface area contributed by atoms with Crippen molar-refractivity contribution in [3.63, 3.8) is 0 Å². The summed E-state index contributed by atoms with van der Waals surface area (Å²) in [6, 6.07) is 2.59. The van der Waals surface area contributed by atoms with Crippen LogP contribution in [-0.4, -0.2) is 57.2 Å². The van der Waals surface area contributed by atoms with Gasteiger partial charge in [0.05, 0.1) is 11.7 Å². The van der Waals surface area contributed by atoms with Crippen LogP contribution in [0.25, 0.3) is 0 Å². The number of carbonyl (C=O) groups excluding carboxylic acids is 3. The predicted octanol–water partition coefficient (Wildman–Crippen LogP) is -0.631. The summed E-state index contributed by atoms with van der Waals surface area (Å²) in [5, 5.41) is 18.1. The van der Waals surface area contributed by atoms with Crippen LogP contribution in [0.3, 0.4) is 0 Å². The SMILES string of the molecule is Cc1ccc[n+](CC2=C(C(=O)[O-])N3C(=O)C(NC(=O)C(=NOC(F)F)c4csc(N)n4)[C@@H]3SC2)c1. The Balaban J connectivity index is 1.54. The Labute approximate surface area is 205 Å². The molecule has 0 bridgehead atoms. The van der Waals surface area contributed by atoms with Crippen molar-refractivity contribution in [2.45, 2.75) is 31.5 Å². The maximum absolute atomic E-state index is 12.9. The largest absolute Gasteiger partial charge is 0.543 e. The highest BCUT2D eigenvalue weighted by Gasteiger charge is 2.53. The van der Waals surface area contributed by atoms with Crippen molar-refractivity contribution in [1.29, 1.82) is 0 Å². The van der Waals surface area contributed by atoms with Gasteiger partial charge in [0, 0.05) is 28.3 Å². The number of rotatable bonds is 8. The van der Waals surface area contributed by atoms with E-state index in [1.165, 1.54) is 17.1 Å². The molecule has 0 spiro atoms. The van der Waals surface area contributed by atoms with E-state index in [1.807, 2.05) is 25.3 Å². The second kappa shape index (κ2) is 9.95. The smallest absolute Gasteiger partial charge is 0.407 e. The number of β-lactam (4-membered cyclic amide) rings is 1. The first-order valence-electron chi connectivity index (χ1n) is 10.0. The molecular formula is C20H18F2N6O5S2. The molecule has 15 heteroatoms. The highest BCUT2D eigenvalue weighted by molar-refractivity contribution is 8.00. The molecule has 4 rings (SSSR count). The highest BCUT2D eigenvalue weighted by Crippen LogP contribution is 2.40. The van der Waals surface area contributed by atoms with Gasteiger partial charge < -0.3 is 25.8 Å². The van der Waals surface area contributed by atoms with Gasteiger partial charge in [0.1, 0.15) is 17.1 Å². The van der Waals surface area contributed by atoms with Gasteiger partial charge in [0.2, 0.25) is 0 Å². The Kier molecular flexibility index (Phi) is 6.98. The quantitative estimate of drug-likeness (QED) is 0.200. The third-order valence-corrected chi connectivity index (χ3v) is 7.12. The van der Waals surface area contributed by atoms with E-state index < -0.39 is 41.5 Å². The third-order valence-electron chi connectivity index (χ3n) is 5.11. The number of carboxylic acids is 1. The van der Waals surface area contributed by atoms with E-state index in [2.05, 4.69) is 20.3 Å². The number of aromatic nitrogens is 2. The molecule has 0 aromatic carbocycles. The fourth-order valence-corrected chi connectivity index (χ4v) is 5.55. The molecule has 2 atom stereocenters. The average molecular weight is 525 g/mol. The molecule has 4 heterocycles. The van der Waals surface area contributed by atoms with E-state index in [9.17, 15) is 28.3 Å². The number of hydrogen-bond donors (Lipinski definition) is 2. The summed E-state index contributed by atoms with van der Waals surface area (Å²) in [4.78, 5) is 46.4. The zero-order chi connectivity index (χ0) is 25.3. The second-order valence-corrected chi connectivity index (χ2v) is 9.53. The van der Waals surface area contributed by atoms with Crippen LogP contribution in [0.2, 0.25) is 0 Å². The number of carboxylic acid groups (broad SMARTS) is 1. The minimum atomic E-state index is -3.29. The van der Waals surface area contributed by atoms with Crippen LogP contribution in [-0.2, 0) is 25.8 Å². The molecule has 0 aliphatic carbocycles. The number of thioether (sulfide) groups is 1. The first-order valence-corrected chi connectivity index (χ1v) is 12.0. The average Bonchev–Trinajstić information content (AvgIpc) is 3.22. The van der Waals surface area contributed by atoms with Crippen LogP contribution in [0.4, 0.5) is 13.9 Å². The van der Waals surface area contributed by atoms with Gasteiger partial charge >= 0.3 is 6.61 Å². The van der Waals surface area contributed by atoms with E-state index in [-0.39, 0.29) is 28.8 Å². The fourth-order valence-electron chi connectivity index (χ4n) is 3.67. The van der Waals surface area contributed by atoms with Gasteiger partial charge in [-0.25, -0.2) is 9.55 Å². The maximum atomic E-state index is 12.9. The van der Waals surface area contributed by atoms with E-state index in [0.717, 1.165) is 21.8 Å². The molecule has 184 valence electrons. The number of halogens is 2. The fraction of sp³-hybridized carbons (Fsp3) is 0.300. The number of amides is 2. The molecule has 2 aliphatic heterocycles. The van der Waals surface area contributed by atoms with E-state index >= 15 is 0 Å². The van der Waals surface area contributed by atoms with Crippen LogP contribution in [0.5, 0.6) is 0 Å². The molecule has 11 nitrogen and oxygen atoms in total. The number of nitrogen functional groups attached to an aromatic ring is 1. The minimum Gasteiger partial charge on any atom is -0.543 e. The number of anilines is 1. The number of aryl methyl sites for hydroxylation is 1. The monoisotopic (exact) mass is 524 g/mol. The van der Waals surface area contributed by atoms with E-state index in [0.29, 0.717) is 5.57 Å². The molecule has 1 unspecified atom stereocenters. The lowest BCUT2D eigenvalue weighted by Gasteiger charge is -2.50. The maximum Gasteiger partial charge on any atom is 0.407 e. The number of alkyl halides is 2. The van der Waals surface area contributed by atoms with Crippen molar-refractivity contribution in [2.75, 3.05) is 11.5 Å². The first kappa shape index (κ1) is 24.5. The Morgan fingerprint density at radius 3 is 2.89 bits per heavy atom. The summed E-state index contributed by atoms with van der Waals surface area (Å²) in [5.74, 6) is -2.94. The molecular weight excluding hydrogens is 506 g/mol. The van der Waals surface area contributed by atoms with Gasteiger partial charge in [-0.15, -0.1) is 23.1 Å². The zero-order valence-electron chi connectivity index (χ0n) is 18.0. The Bertz CT molecular complexity index is 1250. The van der Waals surface area contributed by atoms with Crippen LogP contribution in [0, 0.1) is 6.92 Å². The van der Waals surface area contributed by atoms with Gasteiger partial charge in [0.25, 0.3) is 11.8 Å². The Morgan fingerprint density at radius 2 is 2.26 bits per heavy atom. The Morgan fingerprint density at radius 1 is 1.49 bits per heavy atom. The highest BCUT2D eigenvalue weighted by atomic mass is 32.2. The van der Waals surface area contributed by atoms with Gasteiger partial charge in [-0.3, -0.25) is 14.5 Å². The summed E-state index contributed by atoms with van der Waals surface area (Å²) < 4.78 is 26.8. The number of nitrogens with two attached hydrogens (primary N) is 1. The normalized spacial score (nSPS) is 19.9. The first-order chi connectivity index (χ1) is 16.7. The molecule has 2 aromatic rings. The summed E-state index contributed by atoms with van der Waals surface area (Å²) in [6.07, 6.45) is 3.61. The second-order valence-electron chi connectivity index (χ2n) is 7.53. The molecule has 0 saturated carbocycles. The lowest BCUT2D eigenvalue weighted by molar-refractivity contribution is -0.689. The molecule has 2 aromatic heterocycles. The number of carbonyl (C=O) groups is 3. The van der Waals surface area contributed by atoms with Gasteiger partial charge in [-0.1, -0.05) is 5.16 Å². The van der Waals surface area contributed by atoms with E-state index in [1.54, 1.807) is 10.8 Å². The topological polar surface area (TPSA) is 154 Å².